The Balaban J connectivity index is 1.63. The molecule has 0 atom stereocenters. The number of aromatic amines is 1. The van der Waals surface area contributed by atoms with Crippen LogP contribution in [0.3, 0.4) is 0 Å². The molecular weight excluding hydrogens is 316 g/mol. The maximum absolute atomic E-state index is 11.9. The second kappa shape index (κ2) is 6.40. The van der Waals surface area contributed by atoms with Crippen molar-refractivity contribution in [1.82, 2.24) is 29.6 Å². The Hall–Kier alpha value is -2.54. The number of aromatic nitrogens is 5. The highest BCUT2D eigenvalue weighted by atomic mass is 16.1. The van der Waals surface area contributed by atoms with Gasteiger partial charge in [-0.3, -0.25) is 4.79 Å². The zero-order valence-corrected chi connectivity index (χ0v) is 14.5. The molecule has 0 aliphatic carbocycles. The lowest BCUT2D eigenvalue weighted by Crippen LogP contribution is -2.37. The Bertz CT molecular complexity index is 936. The summed E-state index contributed by atoms with van der Waals surface area (Å²) in [7, 11) is 0. The Morgan fingerprint density at radius 1 is 1.24 bits per heavy atom. The van der Waals surface area contributed by atoms with Crippen LogP contribution in [0.1, 0.15) is 38.2 Å². The molecule has 0 spiro atoms. The monoisotopic (exact) mass is 338 g/mol. The van der Waals surface area contributed by atoms with E-state index in [0.29, 0.717) is 28.7 Å². The third kappa shape index (κ3) is 2.95. The maximum atomic E-state index is 11.9. The standard InChI is InChI=1S/C18H22N6O/c1-12(2)23-7-4-13(5-8-23)14-9-22-24(10-14)17-16-15(3-6-19-17)18(25)21-11-20-16/h3,6,9-13H,4-5,7-8H2,1-2H3,(H,20,21,25). The fourth-order valence-electron chi connectivity index (χ4n) is 3.57. The lowest BCUT2D eigenvalue weighted by Gasteiger charge is -2.34. The Kier molecular flexibility index (Phi) is 4.09. The number of fused-ring (bicyclic) bond motifs is 1. The zero-order chi connectivity index (χ0) is 17.4. The molecule has 3 aromatic rings. The first-order valence-electron chi connectivity index (χ1n) is 8.75. The highest BCUT2D eigenvalue weighted by Crippen LogP contribution is 2.29. The molecular formula is C18H22N6O. The van der Waals surface area contributed by atoms with Crippen molar-refractivity contribution in [1.29, 1.82) is 0 Å². The van der Waals surface area contributed by atoms with Crippen LogP contribution in [0.15, 0.2) is 35.8 Å². The van der Waals surface area contributed by atoms with Gasteiger partial charge in [-0.15, -0.1) is 0 Å². The van der Waals surface area contributed by atoms with Crippen LogP contribution in [0, 0.1) is 0 Å². The summed E-state index contributed by atoms with van der Waals surface area (Å²) in [5.41, 5.74) is 1.63. The van der Waals surface area contributed by atoms with Gasteiger partial charge in [0.15, 0.2) is 5.82 Å². The van der Waals surface area contributed by atoms with Crippen LogP contribution >= 0.6 is 0 Å². The van der Waals surface area contributed by atoms with E-state index < -0.39 is 0 Å². The van der Waals surface area contributed by atoms with Gasteiger partial charge in [0.1, 0.15) is 5.52 Å². The van der Waals surface area contributed by atoms with Crippen LogP contribution in [0.5, 0.6) is 0 Å². The van der Waals surface area contributed by atoms with Crippen LogP contribution in [-0.4, -0.2) is 48.8 Å². The molecule has 7 nitrogen and oxygen atoms in total. The molecule has 0 saturated carbocycles. The highest BCUT2D eigenvalue weighted by Gasteiger charge is 2.23. The summed E-state index contributed by atoms with van der Waals surface area (Å²) in [5, 5.41) is 5.01. The molecule has 25 heavy (non-hydrogen) atoms. The van der Waals surface area contributed by atoms with Crippen molar-refractivity contribution in [2.45, 2.75) is 38.6 Å². The number of rotatable bonds is 3. The molecule has 0 aromatic carbocycles. The molecule has 130 valence electrons. The van der Waals surface area contributed by atoms with Crippen LogP contribution in [-0.2, 0) is 0 Å². The first-order valence-corrected chi connectivity index (χ1v) is 8.75. The topological polar surface area (TPSA) is 79.7 Å². The molecule has 4 rings (SSSR count). The average Bonchev–Trinajstić information content (AvgIpc) is 3.12. The van der Waals surface area contributed by atoms with Gasteiger partial charge in [0.25, 0.3) is 5.56 Å². The van der Waals surface area contributed by atoms with Gasteiger partial charge in [0.2, 0.25) is 0 Å². The van der Waals surface area contributed by atoms with E-state index in [0.717, 1.165) is 25.9 Å². The molecule has 1 saturated heterocycles. The van der Waals surface area contributed by atoms with Crippen molar-refractivity contribution in [3.05, 3.63) is 46.9 Å². The lowest BCUT2D eigenvalue weighted by atomic mass is 9.91. The van der Waals surface area contributed by atoms with Crippen LogP contribution in [0.4, 0.5) is 0 Å². The van der Waals surface area contributed by atoms with Crippen molar-refractivity contribution in [3.8, 4) is 5.82 Å². The average molecular weight is 338 g/mol. The number of piperidine rings is 1. The molecule has 1 aliphatic rings. The Morgan fingerprint density at radius 2 is 2.04 bits per heavy atom. The van der Waals surface area contributed by atoms with Gasteiger partial charge in [0.05, 0.1) is 17.9 Å². The molecule has 1 aliphatic heterocycles. The van der Waals surface area contributed by atoms with E-state index in [2.05, 4.69) is 38.8 Å². The summed E-state index contributed by atoms with van der Waals surface area (Å²) in [6.45, 7) is 6.74. The van der Waals surface area contributed by atoms with Gasteiger partial charge in [-0.1, -0.05) is 0 Å². The highest BCUT2D eigenvalue weighted by molar-refractivity contribution is 5.83. The number of nitrogens with zero attached hydrogens (tertiary/aromatic N) is 5. The van der Waals surface area contributed by atoms with E-state index in [1.54, 1.807) is 16.9 Å². The molecule has 1 fully saturated rings. The summed E-state index contributed by atoms with van der Waals surface area (Å²) in [6.07, 6.45) is 9.26. The van der Waals surface area contributed by atoms with E-state index >= 15 is 0 Å². The quantitative estimate of drug-likeness (QED) is 0.791. The first kappa shape index (κ1) is 16.0. The summed E-state index contributed by atoms with van der Waals surface area (Å²) >= 11 is 0. The maximum Gasteiger partial charge on any atom is 0.258 e. The van der Waals surface area contributed by atoms with Gasteiger partial charge in [-0.25, -0.2) is 14.6 Å². The first-order chi connectivity index (χ1) is 12.1. The van der Waals surface area contributed by atoms with Crippen molar-refractivity contribution in [3.63, 3.8) is 0 Å². The van der Waals surface area contributed by atoms with Gasteiger partial charge < -0.3 is 9.88 Å². The minimum absolute atomic E-state index is 0.165. The second-order valence-electron chi connectivity index (χ2n) is 6.88. The van der Waals surface area contributed by atoms with E-state index in [1.165, 1.54) is 11.9 Å². The fourth-order valence-corrected chi connectivity index (χ4v) is 3.57. The van der Waals surface area contributed by atoms with Crippen molar-refractivity contribution in [2.24, 2.45) is 0 Å². The third-order valence-corrected chi connectivity index (χ3v) is 5.09. The lowest BCUT2D eigenvalue weighted by molar-refractivity contribution is 0.172. The second-order valence-corrected chi connectivity index (χ2v) is 6.88. The molecule has 0 bridgehead atoms. The summed E-state index contributed by atoms with van der Waals surface area (Å²) in [5.74, 6) is 1.12. The predicted molar refractivity (Wildman–Crippen MR) is 96.0 cm³/mol. The van der Waals surface area contributed by atoms with Crippen LogP contribution in [0.2, 0.25) is 0 Å². The molecule has 7 heteroatoms. The largest absolute Gasteiger partial charge is 0.313 e. The number of likely N-dealkylation sites (tertiary alicyclic amines) is 1. The van der Waals surface area contributed by atoms with Gasteiger partial charge in [0, 0.05) is 18.4 Å². The Labute approximate surface area is 145 Å². The number of hydrogen-bond donors (Lipinski definition) is 1. The van der Waals surface area contributed by atoms with Crippen molar-refractivity contribution in [2.75, 3.05) is 13.1 Å². The van der Waals surface area contributed by atoms with Gasteiger partial charge >= 0.3 is 0 Å². The van der Waals surface area contributed by atoms with E-state index in [-0.39, 0.29) is 5.56 Å². The third-order valence-electron chi connectivity index (χ3n) is 5.09. The summed E-state index contributed by atoms with van der Waals surface area (Å²) < 4.78 is 1.74. The molecule has 1 N–H and O–H groups in total. The Morgan fingerprint density at radius 3 is 2.80 bits per heavy atom. The van der Waals surface area contributed by atoms with Crippen LogP contribution in [0.25, 0.3) is 16.7 Å². The van der Waals surface area contributed by atoms with Gasteiger partial charge in [-0.2, -0.15) is 5.10 Å². The van der Waals surface area contributed by atoms with E-state index in [9.17, 15) is 4.79 Å². The van der Waals surface area contributed by atoms with Crippen molar-refractivity contribution < 1.29 is 0 Å². The minimum Gasteiger partial charge on any atom is -0.313 e. The predicted octanol–water partition coefficient (Wildman–Crippen LogP) is 2.09. The van der Waals surface area contributed by atoms with Gasteiger partial charge in [-0.05, 0) is 57.3 Å². The minimum atomic E-state index is -0.165. The molecule has 4 heterocycles. The molecule has 0 unspecified atom stereocenters. The van der Waals surface area contributed by atoms with Crippen molar-refractivity contribution >= 4 is 10.9 Å². The number of nitrogens with one attached hydrogen (secondary N) is 1. The smallest absolute Gasteiger partial charge is 0.258 e. The fraction of sp³-hybridized carbons (Fsp3) is 0.444. The van der Waals surface area contributed by atoms with E-state index in [4.69, 9.17) is 0 Å². The summed E-state index contributed by atoms with van der Waals surface area (Å²) in [4.78, 5) is 25.7. The molecule has 0 radical (unpaired) electrons. The number of pyridine rings is 1. The number of hydrogen-bond acceptors (Lipinski definition) is 5. The molecule has 3 aromatic heterocycles. The van der Waals surface area contributed by atoms with E-state index in [1.807, 2.05) is 12.4 Å². The molecule has 0 amide bonds. The van der Waals surface area contributed by atoms with Crippen LogP contribution < -0.4 is 5.56 Å². The normalized spacial score (nSPS) is 16.8. The zero-order valence-electron chi connectivity index (χ0n) is 14.5. The summed E-state index contributed by atoms with van der Waals surface area (Å²) in [6, 6.07) is 2.28. The SMILES string of the molecule is CC(C)N1CCC(c2cnn(-c3nccc4c(=O)[nH]cnc34)c2)CC1. The number of H-pyrrole nitrogens is 1.